The normalized spacial score (nSPS) is 14.3. The molecule has 0 atom stereocenters. The summed E-state index contributed by atoms with van der Waals surface area (Å²) >= 11 is 0. The molecule has 0 fully saturated rings. The van der Waals surface area contributed by atoms with Crippen molar-refractivity contribution >= 4 is 5.82 Å². The Bertz CT molecular complexity index is 578. The van der Waals surface area contributed by atoms with Crippen LogP contribution in [0.5, 0.6) is 11.5 Å². The Morgan fingerprint density at radius 3 is 2.78 bits per heavy atom. The second-order valence-corrected chi connectivity index (χ2v) is 4.29. The van der Waals surface area contributed by atoms with E-state index in [9.17, 15) is 0 Å². The molecule has 0 unspecified atom stereocenters. The van der Waals surface area contributed by atoms with Crippen LogP contribution in [0.15, 0.2) is 22.7 Å². The molecule has 1 aromatic carbocycles. The molecule has 0 amide bonds. The molecular formula is C13H14N2O3. The van der Waals surface area contributed by atoms with Crippen LogP contribution in [-0.4, -0.2) is 18.4 Å². The minimum atomic E-state index is 0.370. The predicted octanol–water partition coefficient (Wildman–Crippen LogP) is 2.39. The Morgan fingerprint density at radius 1 is 1.17 bits per heavy atom. The molecule has 0 saturated carbocycles. The lowest BCUT2D eigenvalue weighted by Gasteiger charge is -2.11. The van der Waals surface area contributed by atoms with Crippen LogP contribution in [0.25, 0.3) is 11.3 Å². The maximum Gasteiger partial charge on any atom is 0.169 e. The zero-order valence-electron chi connectivity index (χ0n) is 10.1. The van der Waals surface area contributed by atoms with E-state index in [2.05, 4.69) is 5.16 Å². The second kappa shape index (κ2) is 4.25. The number of nitrogens with two attached hydrogens (primary N) is 1. The van der Waals surface area contributed by atoms with Crippen LogP contribution < -0.4 is 15.2 Å². The number of aromatic nitrogens is 1. The summed E-state index contributed by atoms with van der Waals surface area (Å²) in [5, 5.41) is 3.68. The van der Waals surface area contributed by atoms with Crippen molar-refractivity contribution in [1.82, 2.24) is 5.16 Å². The van der Waals surface area contributed by atoms with Crippen molar-refractivity contribution in [2.45, 2.75) is 13.3 Å². The number of rotatable bonds is 1. The van der Waals surface area contributed by atoms with Crippen molar-refractivity contribution in [1.29, 1.82) is 0 Å². The van der Waals surface area contributed by atoms with Gasteiger partial charge in [-0.05, 0) is 24.6 Å². The maximum absolute atomic E-state index is 5.68. The first kappa shape index (κ1) is 11.0. The van der Waals surface area contributed by atoms with Gasteiger partial charge in [0, 0.05) is 18.1 Å². The molecule has 0 bridgehead atoms. The number of aryl methyl sites for hydroxylation is 1. The van der Waals surface area contributed by atoms with E-state index in [1.807, 2.05) is 19.1 Å². The summed E-state index contributed by atoms with van der Waals surface area (Å²) in [4.78, 5) is 0. The summed E-state index contributed by atoms with van der Waals surface area (Å²) in [5.74, 6) is 2.56. The number of ether oxygens (including phenoxy) is 2. The van der Waals surface area contributed by atoms with E-state index in [-0.39, 0.29) is 0 Å². The van der Waals surface area contributed by atoms with Gasteiger partial charge in [-0.2, -0.15) is 0 Å². The Kier molecular flexibility index (Phi) is 2.59. The number of fused-ring (bicyclic) bond motifs is 1. The molecule has 94 valence electrons. The molecule has 0 spiro atoms. The molecule has 2 N–H and O–H groups in total. The monoisotopic (exact) mass is 246 g/mol. The molecule has 1 aliphatic rings. The SMILES string of the molecule is Cc1cc(-c2cc(N)no2)cc2c1OCCCO2. The second-order valence-electron chi connectivity index (χ2n) is 4.29. The Morgan fingerprint density at radius 2 is 2.00 bits per heavy atom. The minimum Gasteiger partial charge on any atom is -0.490 e. The first-order valence-electron chi connectivity index (χ1n) is 5.87. The van der Waals surface area contributed by atoms with Gasteiger partial charge in [-0.25, -0.2) is 0 Å². The molecule has 2 aromatic rings. The summed E-state index contributed by atoms with van der Waals surface area (Å²) in [7, 11) is 0. The summed E-state index contributed by atoms with van der Waals surface area (Å²) in [6.07, 6.45) is 0.888. The number of benzene rings is 1. The van der Waals surface area contributed by atoms with E-state index in [1.165, 1.54) is 0 Å². The zero-order valence-corrected chi connectivity index (χ0v) is 10.1. The number of hydrogen-bond acceptors (Lipinski definition) is 5. The molecular weight excluding hydrogens is 232 g/mol. The van der Waals surface area contributed by atoms with Gasteiger partial charge >= 0.3 is 0 Å². The molecule has 18 heavy (non-hydrogen) atoms. The highest BCUT2D eigenvalue weighted by Gasteiger charge is 2.16. The Balaban J connectivity index is 2.07. The predicted molar refractivity (Wildman–Crippen MR) is 66.7 cm³/mol. The van der Waals surface area contributed by atoms with Crippen molar-refractivity contribution in [3.8, 4) is 22.8 Å². The molecule has 1 aliphatic heterocycles. The lowest BCUT2D eigenvalue weighted by Crippen LogP contribution is -1.97. The van der Waals surface area contributed by atoms with Crippen LogP contribution in [0.1, 0.15) is 12.0 Å². The van der Waals surface area contributed by atoms with Crippen LogP contribution in [0.4, 0.5) is 5.82 Å². The van der Waals surface area contributed by atoms with Crippen LogP contribution in [-0.2, 0) is 0 Å². The molecule has 5 nitrogen and oxygen atoms in total. The summed E-state index contributed by atoms with van der Waals surface area (Å²) in [5.41, 5.74) is 7.46. The third-order valence-electron chi connectivity index (χ3n) is 2.85. The Hall–Kier alpha value is -2.17. The van der Waals surface area contributed by atoms with E-state index >= 15 is 0 Å². The highest BCUT2D eigenvalue weighted by atomic mass is 16.5. The fourth-order valence-corrected chi connectivity index (χ4v) is 2.02. The van der Waals surface area contributed by atoms with Crippen molar-refractivity contribution in [3.05, 3.63) is 23.8 Å². The average molecular weight is 246 g/mol. The number of anilines is 1. The van der Waals surface area contributed by atoms with E-state index in [0.29, 0.717) is 24.8 Å². The first-order valence-corrected chi connectivity index (χ1v) is 5.87. The van der Waals surface area contributed by atoms with Gasteiger partial charge in [0.2, 0.25) is 0 Å². The van der Waals surface area contributed by atoms with Gasteiger partial charge in [-0.3, -0.25) is 0 Å². The van der Waals surface area contributed by atoms with Gasteiger partial charge in [0.15, 0.2) is 23.1 Å². The highest BCUT2D eigenvalue weighted by molar-refractivity contribution is 5.66. The van der Waals surface area contributed by atoms with Gasteiger partial charge in [0.1, 0.15) is 0 Å². The number of hydrogen-bond donors (Lipinski definition) is 1. The van der Waals surface area contributed by atoms with Gasteiger partial charge < -0.3 is 19.7 Å². The molecule has 3 rings (SSSR count). The van der Waals surface area contributed by atoms with E-state index < -0.39 is 0 Å². The molecule has 5 heteroatoms. The fourth-order valence-electron chi connectivity index (χ4n) is 2.02. The van der Waals surface area contributed by atoms with Crippen LogP contribution in [0, 0.1) is 6.92 Å². The lowest BCUT2D eigenvalue weighted by molar-refractivity contribution is 0.296. The third kappa shape index (κ3) is 1.88. The molecule has 0 radical (unpaired) electrons. The van der Waals surface area contributed by atoms with Gasteiger partial charge in [-0.1, -0.05) is 5.16 Å². The smallest absolute Gasteiger partial charge is 0.169 e. The highest BCUT2D eigenvalue weighted by Crippen LogP contribution is 2.37. The van der Waals surface area contributed by atoms with Gasteiger partial charge in [0.25, 0.3) is 0 Å². The van der Waals surface area contributed by atoms with Crippen LogP contribution in [0.2, 0.25) is 0 Å². The van der Waals surface area contributed by atoms with Gasteiger partial charge in [0.05, 0.1) is 13.2 Å². The van der Waals surface area contributed by atoms with E-state index in [4.69, 9.17) is 19.7 Å². The van der Waals surface area contributed by atoms with Crippen LogP contribution >= 0.6 is 0 Å². The average Bonchev–Trinajstić information content (AvgIpc) is 2.63. The van der Waals surface area contributed by atoms with Crippen LogP contribution in [0.3, 0.4) is 0 Å². The number of nitrogen functional groups attached to an aromatic ring is 1. The topological polar surface area (TPSA) is 70.5 Å². The molecule has 0 aliphatic carbocycles. The van der Waals surface area contributed by atoms with Crippen molar-refractivity contribution in [2.75, 3.05) is 18.9 Å². The fraction of sp³-hybridized carbons (Fsp3) is 0.308. The Labute approximate surface area is 104 Å². The van der Waals surface area contributed by atoms with Gasteiger partial charge in [-0.15, -0.1) is 0 Å². The summed E-state index contributed by atoms with van der Waals surface area (Å²) in [6.45, 7) is 3.33. The van der Waals surface area contributed by atoms with Crippen molar-refractivity contribution in [2.24, 2.45) is 0 Å². The van der Waals surface area contributed by atoms with E-state index in [1.54, 1.807) is 6.07 Å². The molecule has 0 saturated heterocycles. The largest absolute Gasteiger partial charge is 0.490 e. The van der Waals surface area contributed by atoms with E-state index in [0.717, 1.165) is 29.0 Å². The standard InChI is InChI=1S/C13H14N2O3/c1-8-5-9(10-7-12(14)15-18-10)6-11-13(8)17-4-2-3-16-11/h5-7H,2-4H2,1H3,(H2,14,15). The lowest BCUT2D eigenvalue weighted by atomic mass is 10.1. The zero-order chi connectivity index (χ0) is 12.5. The maximum atomic E-state index is 5.68. The van der Waals surface area contributed by atoms with Crippen molar-refractivity contribution in [3.63, 3.8) is 0 Å². The summed E-state index contributed by atoms with van der Waals surface area (Å²) < 4.78 is 16.5. The van der Waals surface area contributed by atoms with Crippen molar-refractivity contribution < 1.29 is 14.0 Å². The minimum absolute atomic E-state index is 0.370. The first-order chi connectivity index (χ1) is 8.74. The molecule has 1 aromatic heterocycles. The quantitative estimate of drug-likeness (QED) is 0.836. The third-order valence-corrected chi connectivity index (χ3v) is 2.85. The summed E-state index contributed by atoms with van der Waals surface area (Å²) in [6, 6.07) is 5.57. The number of nitrogens with zero attached hydrogens (tertiary/aromatic N) is 1. The molecule has 2 heterocycles.